The van der Waals surface area contributed by atoms with E-state index in [9.17, 15) is 0 Å². The van der Waals surface area contributed by atoms with Gasteiger partial charge in [0.05, 0.1) is 25.6 Å². The zero-order valence-electron chi connectivity index (χ0n) is 25.4. The van der Waals surface area contributed by atoms with Crippen molar-refractivity contribution in [2.45, 2.75) is 12.8 Å². The molecule has 1 aliphatic rings. The van der Waals surface area contributed by atoms with Crippen LogP contribution in [0.25, 0.3) is 44.1 Å². The van der Waals surface area contributed by atoms with Crippen molar-refractivity contribution in [1.82, 2.24) is 19.9 Å². The van der Waals surface area contributed by atoms with Gasteiger partial charge >= 0.3 is 0 Å². The summed E-state index contributed by atoms with van der Waals surface area (Å²) in [6, 6.07) is 28.4. The van der Waals surface area contributed by atoms with Crippen LogP contribution in [0.15, 0.2) is 97.3 Å². The monoisotopic (exact) mass is 618 g/mol. The molecule has 0 aliphatic carbocycles. The number of benzene rings is 4. The Morgan fingerprint density at radius 1 is 0.689 bits per heavy atom. The van der Waals surface area contributed by atoms with Crippen LogP contribution in [-0.4, -0.2) is 53.8 Å². The normalized spacial score (nSPS) is 13.4. The smallest absolute Gasteiger partial charge is 0.225 e. The number of anilines is 1. The second-order valence-electron chi connectivity index (χ2n) is 11.0. The molecule has 228 valence electrons. The van der Waals surface area contributed by atoms with E-state index in [1.807, 2.05) is 60.8 Å². The Balaban J connectivity index is 0.000000167. The summed E-state index contributed by atoms with van der Waals surface area (Å²) in [4.78, 5) is 19.7. The van der Waals surface area contributed by atoms with Crippen molar-refractivity contribution >= 4 is 39.1 Å². The summed E-state index contributed by atoms with van der Waals surface area (Å²) < 4.78 is 10.5. The van der Waals surface area contributed by atoms with Crippen LogP contribution < -0.4 is 20.1 Å². The second kappa shape index (κ2) is 13.9. The molecule has 8 nitrogen and oxygen atoms in total. The van der Waals surface area contributed by atoms with Crippen LogP contribution in [0, 0.1) is 5.92 Å². The molecule has 6 aromatic rings. The number of hydrogen-bond donors (Lipinski definition) is 1. The minimum absolute atomic E-state index is 0.257. The Morgan fingerprint density at radius 3 is 1.73 bits per heavy atom. The topological polar surface area (TPSA) is 99.3 Å². The number of hydrogen-bond acceptors (Lipinski definition) is 8. The Hall–Kier alpha value is -4.79. The van der Waals surface area contributed by atoms with E-state index in [0.717, 1.165) is 88.6 Å². The van der Waals surface area contributed by atoms with E-state index in [1.54, 1.807) is 20.4 Å². The Labute approximate surface area is 267 Å². The lowest BCUT2D eigenvalue weighted by Gasteiger charge is -2.31. The van der Waals surface area contributed by atoms with Crippen LogP contribution >= 0.6 is 11.6 Å². The highest BCUT2D eigenvalue weighted by molar-refractivity contribution is 6.28. The molecule has 3 heterocycles. The number of nitrogens with zero attached hydrogens (tertiary/aromatic N) is 5. The van der Waals surface area contributed by atoms with Crippen molar-refractivity contribution in [1.29, 1.82) is 0 Å². The molecular weight excluding hydrogens is 584 g/mol. The number of piperidine rings is 1. The molecule has 45 heavy (non-hydrogen) atoms. The van der Waals surface area contributed by atoms with Crippen LogP contribution in [0.3, 0.4) is 0 Å². The van der Waals surface area contributed by atoms with Gasteiger partial charge in [0.1, 0.15) is 11.5 Å². The van der Waals surface area contributed by atoms with Gasteiger partial charge in [-0.1, -0.05) is 36.4 Å². The van der Waals surface area contributed by atoms with Gasteiger partial charge in [0.2, 0.25) is 11.2 Å². The average molecular weight is 619 g/mol. The second-order valence-corrected chi connectivity index (χ2v) is 11.3. The first-order chi connectivity index (χ1) is 22.0. The van der Waals surface area contributed by atoms with Gasteiger partial charge in [-0.2, -0.15) is 0 Å². The lowest BCUT2D eigenvalue weighted by molar-refractivity contribution is 0.411. The number of nitrogens with two attached hydrogens (primary N) is 1. The zero-order valence-corrected chi connectivity index (χ0v) is 26.1. The molecule has 1 saturated heterocycles. The zero-order chi connectivity index (χ0) is 31.2. The molecule has 0 spiro atoms. The quantitative estimate of drug-likeness (QED) is 0.192. The van der Waals surface area contributed by atoms with E-state index in [2.05, 4.69) is 50.2 Å². The molecule has 0 amide bonds. The predicted octanol–water partition coefficient (Wildman–Crippen LogP) is 7.44. The minimum atomic E-state index is 0.257. The van der Waals surface area contributed by atoms with Crippen molar-refractivity contribution in [3.05, 3.63) is 103 Å². The maximum Gasteiger partial charge on any atom is 0.225 e. The molecule has 2 N–H and O–H groups in total. The van der Waals surface area contributed by atoms with Gasteiger partial charge in [-0.25, -0.2) is 19.9 Å². The SMILES string of the molecule is COc1ccc2cc(-c3ccnc(Cl)n3)ccc2c1.COc1ccc2cc(-c3ccnc(N4CCC(CN)CC4)n3)ccc2c1. The number of ether oxygens (including phenoxy) is 2. The molecular formula is C36H35ClN6O2. The predicted molar refractivity (Wildman–Crippen MR) is 182 cm³/mol. The van der Waals surface area contributed by atoms with E-state index in [4.69, 9.17) is 31.8 Å². The standard InChI is InChI=1S/C21H24N4O.C15H11ClN2O/c1-26-19-5-4-16-12-18(3-2-17(16)13-19)20-6-9-23-21(24-20)25-10-7-15(14-22)8-11-25;1-19-13-5-4-10-8-12(3-2-11(10)9-13)14-6-7-17-15(16)18-14/h2-6,9,12-13,15H,7-8,10-11,14,22H2,1H3;2-9H,1H3. The van der Waals surface area contributed by atoms with Crippen LogP contribution in [0.4, 0.5) is 5.95 Å². The number of halogens is 1. The van der Waals surface area contributed by atoms with Crippen molar-refractivity contribution in [3.8, 4) is 34.0 Å². The summed E-state index contributed by atoms with van der Waals surface area (Å²) in [6.45, 7) is 2.72. The molecule has 0 atom stereocenters. The Morgan fingerprint density at radius 2 is 1.20 bits per heavy atom. The molecule has 2 aromatic heterocycles. The lowest BCUT2D eigenvalue weighted by atomic mass is 9.97. The minimum Gasteiger partial charge on any atom is -0.497 e. The first-order valence-electron chi connectivity index (χ1n) is 15.0. The van der Waals surface area contributed by atoms with Gasteiger partial charge in [0, 0.05) is 36.6 Å². The third-order valence-electron chi connectivity index (χ3n) is 8.19. The summed E-state index contributed by atoms with van der Waals surface area (Å²) in [7, 11) is 3.35. The third-order valence-corrected chi connectivity index (χ3v) is 8.37. The van der Waals surface area contributed by atoms with Gasteiger partial charge in [-0.3, -0.25) is 0 Å². The fraction of sp³-hybridized carbons (Fsp3) is 0.222. The highest BCUT2D eigenvalue weighted by atomic mass is 35.5. The van der Waals surface area contributed by atoms with Crippen molar-refractivity contribution in [2.24, 2.45) is 11.7 Å². The summed E-state index contributed by atoms with van der Waals surface area (Å²) in [5.41, 5.74) is 9.68. The molecule has 0 unspecified atom stereocenters. The third kappa shape index (κ3) is 7.14. The number of rotatable bonds is 6. The number of methoxy groups -OCH3 is 2. The van der Waals surface area contributed by atoms with Gasteiger partial charge in [0.25, 0.3) is 0 Å². The van der Waals surface area contributed by atoms with Gasteiger partial charge in [0.15, 0.2) is 0 Å². The largest absolute Gasteiger partial charge is 0.497 e. The molecule has 7 rings (SSSR count). The van der Waals surface area contributed by atoms with Gasteiger partial charge in [-0.05, 0) is 107 Å². The highest BCUT2D eigenvalue weighted by Crippen LogP contribution is 2.28. The summed E-state index contributed by atoms with van der Waals surface area (Å²) in [6.07, 6.45) is 5.73. The maximum absolute atomic E-state index is 5.81. The van der Waals surface area contributed by atoms with E-state index < -0.39 is 0 Å². The molecule has 0 bridgehead atoms. The van der Waals surface area contributed by atoms with Crippen LogP contribution in [0.2, 0.25) is 5.28 Å². The van der Waals surface area contributed by atoms with Crippen molar-refractivity contribution in [2.75, 3.05) is 38.8 Å². The van der Waals surface area contributed by atoms with E-state index in [0.29, 0.717) is 5.92 Å². The number of aromatic nitrogens is 4. The van der Waals surface area contributed by atoms with E-state index >= 15 is 0 Å². The Kier molecular flexibility index (Phi) is 9.33. The van der Waals surface area contributed by atoms with Crippen molar-refractivity contribution < 1.29 is 9.47 Å². The summed E-state index contributed by atoms with van der Waals surface area (Å²) in [5.74, 6) is 3.17. The molecule has 1 aliphatic heterocycles. The maximum atomic E-state index is 5.81. The first kappa shape index (κ1) is 30.2. The Bertz CT molecular complexity index is 1930. The van der Waals surface area contributed by atoms with Gasteiger partial charge in [-0.15, -0.1) is 0 Å². The van der Waals surface area contributed by atoms with Crippen molar-refractivity contribution in [3.63, 3.8) is 0 Å². The molecule has 4 aromatic carbocycles. The average Bonchev–Trinajstić information content (AvgIpc) is 3.11. The fourth-order valence-electron chi connectivity index (χ4n) is 5.55. The molecule has 0 radical (unpaired) electrons. The molecule has 0 saturated carbocycles. The lowest BCUT2D eigenvalue weighted by Crippen LogP contribution is -2.37. The molecule has 9 heteroatoms. The fourth-order valence-corrected chi connectivity index (χ4v) is 5.69. The highest BCUT2D eigenvalue weighted by Gasteiger charge is 2.20. The summed E-state index contributed by atoms with van der Waals surface area (Å²) in [5, 5.41) is 4.85. The first-order valence-corrected chi connectivity index (χ1v) is 15.3. The van der Waals surface area contributed by atoms with Gasteiger partial charge < -0.3 is 20.1 Å². The van der Waals surface area contributed by atoms with Crippen LogP contribution in [0.5, 0.6) is 11.5 Å². The molecule has 1 fully saturated rings. The van der Waals surface area contributed by atoms with E-state index in [-0.39, 0.29) is 5.28 Å². The summed E-state index contributed by atoms with van der Waals surface area (Å²) >= 11 is 5.81. The van der Waals surface area contributed by atoms with Crippen LogP contribution in [0.1, 0.15) is 12.8 Å². The number of fused-ring (bicyclic) bond motifs is 2. The van der Waals surface area contributed by atoms with Crippen LogP contribution in [-0.2, 0) is 0 Å². The van der Waals surface area contributed by atoms with E-state index in [1.165, 1.54) is 5.39 Å².